The molecule has 1 aromatic carbocycles. The number of piperidine rings is 1. The van der Waals surface area contributed by atoms with Gasteiger partial charge in [-0.2, -0.15) is 5.10 Å². The van der Waals surface area contributed by atoms with E-state index in [1.807, 2.05) is 24.8 Å². The van der Waals surface area contributed by atoms with E-state index in [0.717, 1.165) is 65.1 Å². The van der Waals surface area contributed by atoms with Gasteiger partial charge in [-0.05, 0) is 61.2 Å². The van der Waals surface area contributed by atoms with Gasteiger partial charge in [0, 0.05) is 48.4 Å². The molecule has 0 spiro atoms. The number of anilines is 1. The fourth-order valence-electron chi connectivity index (χ4n) is 4.96. The molecule has 0 amide bonds. The quantitative estimate of drug-likeness (QED) is 0.328. The van der Waals surface area contributed by atoms with E-state index < -0.39 is 0 Å². The van der Waals surface area contributed by atoms with E-state index in [2.05, 4.69) is 72.6 Å². The van der Waals surface area contributed by atoms with E-state index in [9.17, 15) is 0 Å². The average Bonchev–Trinajstić information content (AvgIpc) is 3.51. The minimum atomic E-state index is 0.818. The van der Waals surface area contributed by atoms with E-state index in [1.165, 1.54) is 35.9 Å². The Morgan fingerprint density at radius 3 is 2.65 bits per heavy atom. The molecule has 1 aliphatic heterocycles. The lowest BCUT2D eigenvalue weighted by Crippen LogP contribution is -2.29. The maximum Gasteiger partial charge on any atom is 0.116 e. The van der Waals surface area contributed by atoms with E-state index in [-0.39, 0.29) is 0 Å². The Bertz CT molecular complexity index is 1440. The number of rotatable bonds is 6. The van der Waals surface area contributed by atoms with E-state index in [4.69, 9.17) is 0 Å². The highest BCUT2D eigenvalue weighted by Crippen LogP contribution is 2.35. The zero-order valence-corrected chi connectivity index (χ0v) is 19.4. The molecule has 7 nitrogen and oxygen atoms in total. The number of H-pyrrole nitrogens is 2. The highest BCUT2D eigenvalue weighted by Gasteiger charge is 2.18. The number of nitrogens with zero attached hydrogens (tertiary/aromatic N) is 4. The predicted octanol–water partition coefficient (Wildman–Crippen LogP) is 5.27. The molecular formula is C27H29N7. The highest BCUT2D eigenvalue weighted by molar-refractivity contribution is 6.00. The van der Waals surface area contributed by atoms with Crippen molar-refractivity contribution in [3.63, 3.8) is 0 Å². The molecule has 34 heavy (non-hydrogen) atoms. The predicted molar refractivity (Wildman–Crippen MR) is 138 cm³/mol. The van der Waals surface area contributed by atoms with Gasteiger partial charge in [0.05, 0.1) is 34.8 Å². The summed E-state index contributed by atoms with van der Waals surface area (Å²) in [6.07, 6.45) is 11.6. The van der Waals surface area contributed by atoms with Crippen molar-refractivity contribution in [2.24, 2.45) is 0 Å². The second kappa shape index (κ2) is 8.91. The number of nitrogens with one attached hydrogen (secondary N) is 3. The second-order valence-corrected chi connectivity index (χ2v) is 9.05. The minimum Gasteiger partial charge on any atom is -0.370 e. The molecule has 3 N–H and O–H groups in total. The summed E-state index contributed by atoms with van der Waals surface area (Å²) in [5.41, 5.74) is 8.63. The van der Waals surface area contributed by atoms with Gasteiger partial charge in [0.25, 0.3) is 0 Å². The van der Waals surface area contributed by atoms with E-state index in [1.54, 1.807) is 0 Å². The summed E-state index contributed by atoms with van der Waals surface area (Å²) in [7, 11) is 0. The third kappa shape index (κ3) is 3.82. The van der Waals surface area contributed by atoms with Crippen molar-refractivity contribution in [2.75, 3.05) is 24.5 Å². The fourth-order valence-corrected chi connectivity index (χ4v) is 4.96. The molecule has 0 atom stereocenters. The molecule has 0 unspecified atom stereocenters. The zero-order chi connectivity index (χ0) is 22.9. The smallest absolute Gasteiger partial charge is 0.116 e. The first kappa shape index (κ1) is 20.9. The number of fused-ring (bicyclic) bond motifs is 2. The summed E-state index contributed by atoms with van der Waals surface area (Å²) in [5.74, 6) is 0. The van der Waals surface area contributed by atoms with Crippen molar-refractivity contribution >= 4 is 27.5 Å². The van der Waals surface area contributed by atoms with Crippen LogP contribution in [0.1, 0.15) is 31.7 Å². The van der Waals surface area contributed by atoms with Gasteiger partial charge in [0.1, 0.15) is 5.69 Å². The number of pyridine rings is 2. The van der Waals surface area contributed by atoms with Crippen LogP contribution in [0, 0.1) is 0 Å². The molecule has 0 saturated carbocycles. The number of benzene rings is 1. The zero-order valence-electron chi connectivity index (χ0n) is 19.4. The van der Waals surface area contributed by atoms with Crippen LogP contribution in [0.3, 0.4) is 0 Å². The Kier molecular flexibility index (Phi) is 5.47. The Hall–Kier alpha value is -3.71. The average molecular weight is 452 g/mol. The molecule has 1 aliphatic rings. The lowest BCUT2D eigenvalue weighted by Gasteiger charge is -2.28. The van der Waals surface area contributed by atoms with Crippen molar-refractivity contribution in [1.82, 2.24) is 30.5 Å². The summed E-state index contributed by atoms with van der Waals surface area (Å²) >= 11 is 0. The summed E-state index contributed by atoms with van der Waals surface area (Å²) in [5, 5.41) is 13.6. The number of aromatic amines is 2. The first-order valence-corrected chi connectivity index (χ1v) is 12.2. The Labute approximate surface area is 198 Å². The van der Waals surface area contributed by atoms with Crippen LogP contribution in [0.25, 0.3) is 44.3 Å². The third-order valence-electron chi connectivity index (χ3n) is 6.75. The molecule has 7 heteroatoms. The SMILES string of the molecule is CCNCc1cncc(-c2ccc3[nH]nc(-c4cc5c(N6CCCCC6)cncc5[nH]4)c3c2)c1. The maximum atomic E-state index is 4.68. The van der Waals surface area contributed by atoms with Gasteiger partial charge in [0.15, 0.2) is 0 Å². The van der Waals surface area contributed by atoms with Crippen LogP contribution in [0.15, 0.2) is 55.1 Å². The van der Waals surface area contributed by atoms with Crippen LogP contribution in [0.4, 0.5) is 5.69 Å². The van der Waals surface area contributed by atoms with Crippen LogP contribution in [0.5, 0.6) is 0 Å². The monoisotopic (exact) mass is 451 g/mol. The Morgan fingerprint density at radius 1 is 0.882 bits per heavy atom. The highest BCUT2D eigenvalue weighted by atomic mass is 15.1. The van der Waals surface area contributed by atoms with Gasteiger partial charge in [-0.3, -0.25) is 15.1 Å². The number of hydrogen-bond donors (Lipinski definition) is 3. The van der Waals surface area contributed by atoms with E-state index >= 15 is 0 Å². The summed E-state index contributed by atoms with van der Waals surface area (Å²) in [6, 6.07) is 10.9. The molecule has 172 valence electrons. The summed E-state index contributed by atoms with van der Waals surface area (Å²) < 4.78 is 0. The molecule has 0 aliphatic carbocycles. The molecule has 0 radical (unpaired) electrons. The number of aromatic nitrogens is 5. The Balaban J connectivity index is 1.40. The fraction of sp³-hybridized carbons (Fsp3) is 0.296. The van der Waals surface area contributed by atoms with Crippen molar-refractivity contribution in [3.05, 3.63) is 60.7 Å². The van der Waals surface area contributed by atoms with Crippen LogP contribution in [0.2, 0.25) is 0 Å². The topological polar surface area (TPSA) is 85.5 Å². The van der Waals surface area contributed by atoms with Crippen molar-refractivity contribution in [2.45, 2.75) is 32.7 Å². The van der Waals surface area contributed by atoms with Gasteiger partial charge in [-0.15, -0.1) is 0 Å². The molecular weight excluding hydrogens is 422 g/mol. The molecule has 5 aromatic rings. The van der Waals surface area contributed by atoms with Crippen molar-refractivity contribution in [1.29, 1.82) is 0 Å². The van der Waals surface area contributed by atoms with Gasteiger partial charge in [-0.1, -0.05) is 13.0 Å². The molecule has 1 saturated heterocycles. The van der Waals surface area contributed by atoms with Crippen LogP contribution >= 0.6 is 0 Å². The molecule has 6 rings (SSSR count). The normalized spacial score (nSPS) is 14.3. The van der Waals surface area contributed by atoms with Gasteiger partial charge >= 0.3 is 0 Å². The van der Waals surface area contributed by atoms with Gasteiger partial charge < -0.3 is 15.2 Å². The minimum absolute atomic E-state index is 0.818. The standard InChI is InChI=1S/C27H29N7/c1-2-28-13-18-10-20(15-29-14-18)19-6-7-23-22(11-19)27(33-32-23)24-12-21-25(31-24)16-30-17-26(21)34-8-4-3-5-9-34/h6-7,10-12,14-17,28,31H,2-5,8-9,13H2,1H3,(H,32,33). The molecule has 4 aromatic heterocycles. The molecule has 1 fully saturated rings. The first-order valence-electron chi connectivity index (χ1n) is 12.2. The first-order chi connectivity index (χ1) is 16.8. The lowest BCUT2D eigenvalue weighted by atomic mass is 10.0. The van der Waals surface area contributed by atoms with Gasteiger partial charge in [0.2, 0.25) is 0 Å². The molecule has 5 heterocycles. The maximum absolute atomic E-state index is 4.68. The number of hydrogen-bond acceptors (Lipinski definition) is 5. The van der Waals surface area contributed by atoms with Crippen LogP contribution in [-0.4, -0.2) is 44.8 Å². The summed E-state index contributed by atoms with van der Waals surface area (Å²) in [4.78, 5) is 15.0. The van der Waals surface area contributed by atoms with Crippen LogP contribution < -0.4 is 10.2 Å². The molecule has 0 bridgehead atoms. The van der Waals surface area contributed by atoms with E-state index in [0.29, 0.717) is 0 Å². The lowest BCUT2D eigenvalue weighted by molar-refractivity contribution is 0.578. The van der Waals surface area contributed by atoms with Crippen LogP contribution in [-0.2, 0) is 6.54 Å². The Morgan fingerprint density at radius 2 is 1.76 bits per heavy atom. The summed E-state index contributed by atoms with van der Waals surface area (Å²) in [6.45, 7) is 6.06. The largest absolute Gasteiger partial charge is 0.370 e. The van der Waals surface area contributed by atoms with Crippen molar-refractivity contribution in [3.8, 4) is 22.5 Å². The third-order valence-corrected chi connectivity index (χ3v) is 6.75. The van der Waals surface area contributed by atoms with Crippen molar-refractivity contribution < 1.29 is 0 Å². The second-order valence-electron chi connectivity index (χ2n) is 9.05. The van der Waals surface area contributed by atoms with Gasteiger partial charge in [-0.25, -0.2) is 0 Å².